The summed E-state index contributed by atoms with van der Waals surface area (Å²) in [6.07, 6.45) is 0.940. The molecule has 164 valence electrons. The fraction of sp³-hybridized carbons (Fsp3) is 0.583. The molecule has 1 aliphatic heterocycles. The number of para-hydroxylation sites is 1. The molecule has 0 N–H and O–H groups in total. The Bertz CT molecular complexity index is 810. The van der Waals surface area contributed by atoms with Gasteiger partial charge in [0, 0.05) is 22.7 Å². The van der Waals surface area contributed by atoms with Crippen LogP contribution in [-0.2, 0) is 11.3 Å². The van der Waals surface area contributed by atoms with E-state index >= 15 is 0 Å². The Kier molecular flexibility index (Phi) is 12.7. The van der Waals surface area contributed by atoms with Gasteiger partial charge in [-0.1, -0.05) is 60.1 Å². The van der Waals surface area contributed by atoms with Crippen molar-refractivity contribution in [2.45, 2.75) is 81.3 Å². The number of nitrogens with zero attached hydrogens (tertiary/aromatic N) is 2. The molecule has 2 heterocycles. The summed E-state index contributed by atoms with van der Waals surface area (Å²) in [4.78, 5) is 26.0. The number of hydrogen-bond donors (Lipinski definition) is 0. The average Bonchev–Trinajstić information content (AvgIpc) is 3.14. The Morgan fingerprint density at radius 3 is 2.07 bits per heavy atom. The highest BCUT2D eigenvalue weighted by molar-refractivity contribution is 5.80. The van der Waals surface area contributed by atoms with Gasteiger partial charge in [-0.15, -0.1) is 0 Å². The van der Waals surface area contributed by atoms with Crippen LogP contribution in [0.1, 0.15) is 79.1 Å². The first-order valence-electron chi connectivity index (χ1n) is 11.0. The van der Waals surface area contributed by atoms with E-state index in [4.69, 9.17) is 4.74 Å². The smallest absolute Gasteiger partial charge is 0.410 e. The van der Waals surface area contributed by atoms with Gasteiger partial charge in [-0.25, -0.2) is 4.79 Å². The first kappa shape index (κ1) is 26.7. The molecule has 2 aromatic rings. The second-order valence-electron chi connectivity index (χ2n) is 6.62. The van der Waals surface area contributed by atoms with Crippen molar-refractivity contribution < 1.29 is 9.53 Å². The van der Waals surface area contributed by atoms with Crippen LogP contribution in [0.25, 0.3) is 10.9 Å². The molecule has 1 aliphatic rings. The number of cyclic esters (lactones) is 1. The lowest BCUT2D eigenvalue weighted by Gasteiger charge is -2.24. The van der Waals surface area contributed by atoms with Crippen LogP contribution in [0.4, 0.5) is 4.79 Å². The predicted molar refractivity (Wildman–Crippen MR) is 124 cm³/mol. The summed E-state index contributed by atoms with van der Waals surface area (Å²) in [6, 6.07) is 7.83. The normalized spacial score (nSPS) is 12.3. The Labute approximate surface area is 176 Å². The topological polar surface area (TPSA) is 51.5 Å². The van der Waals surface area contributed by atoms with Crippen molar-refractivity contribution in [3.05, 3.63) is 45.7 Å². The number of amides is 1. The number of benzene rings is 1. The maximum absolute atomic E-state index is 12.6. The van der Waals surface area contributed by atoms with Crippen molar-refractivity contribution in [1.82, 2.24) is 9.47 Å². The third kappa shape index (κ3) is 6.62. The molecule has 0 aliphatic carbocycles. The van der Waals surface area contributed by atoms with Crippen LogP contribution in [0, 0.1) is 6.92 Å². The molecule has 1 fully saturated rings. The Balaban J connectivity index is 0.00000100. The molecule has 0 saturated carbocycles. The van der Waals surface area contributed by atoms with Crippen molar-refractivity contribution in [3.8, 4) is 0 Å². The maximum atomic E-state index is 12.6. The summed E-state index contributed by atoms with van der Waals surface area (Å²) in [5, 5.41) is 0.724. The zero-order valence-electron chi connectivity index (χ0n) is 19.8. The van der Waals surface area contributed by atoms with E-state index in [1.54, 1.807) is 4.90 Å². The lowest BCUT2D eigenvalue weighted by molar-refractivity contribution is 0.156. The van der Waals surface area contributed by atoms with Crippen molar-refractivity contribution in [2.75, 3.05) is 13.2 Å². The second-order valence-corrected chi connectivity index (χ2v) is 6.62. The largest absolute Gasteiger partial charge is 0.448 e. The number of aromatic nitrogens is 1. The van der Waals surface area contributed by atoms with Crippen LogP contribution in [-0.4, -0.2) is 28.7 Å². The lowest BCUT2D eigenvalue weighted by Crippen LogP contribution is -2.29. The Morgan fingerprint density at radius 2 is 1.59 bits per heavy atom. The number of fused-ring (bicyclic) bond motifs is 1. The van der Waals surface area contributed by atoms with Crippen LogP contribution < -0.4 is 5.43 Å². The predicted octanol–water partition coefficient (Wildman–Crippen LogP) is 6.31. The van der Waals surface area contributed by atoms with E-state index in [9.17, 15) is 9.59 Å². The van der Waals surface area contributed by atoms with Crippen molar-refractivity contribution in [1.29, 1.82) is 0 Å². The van der Waals surface area contributed by atoms with Gasteiger partial charge in [0.2, 0.25) is 0 Å². The fourth-order valence-corrected chi connectivity index (χ4v) is 3.07. The van der Waals surface area contributed by atoms with Gasteiger partial charge < -0.3 is 9.30 Å². The maximum Gasteiger partial charge on any atom is 0.410 e. The van der Waals surface area contributed by atoms with Crippen molar-refractivity contribution in [3.63, 3.8) is 0 Å². The van der Waals surface area contributed by atoms with Crippen LogP contribution in [0.15, 0.2) is 29.1 Å². The molecule has 0 radical (unpaired) electrons. The summed E-state index contributed by atoms with van der Waals surface area (Å²) in [7, 11) is 0. The molecule has 1 amide bonds. The van der Waals surface area contributed by atoms with Gasteiger partial charge in [-0.05, 0) is 32.9 Å². The van der Waals surface area contributed by atoms with E-state index < -0.39 is 0 Å². The van der Waals surface area contributed by atoms with Crippen LogP contribution in [0.2, 0.25) is 0 Å². The third-order valence-corrected chi connectivity index (χ3v) is 4.17. The van der Waals surface area contributed by atoms with E-state index in [-0.39, 0.29) is 17.6 Å². The number of rotatable bonds is 3. The number of hydrogen-bond acceptors (Lipinski definition) is 3. The standard InChI is InChI=1S/C17H20N2O3.C3H8.2C2H6/c1-11(2)19-14-7-5-4-6-13(14)16(20)12(3)15(19)10-18-8-9-22-17(18)21;1-3-2;2*1-2/h4-7,11H,8-10H2,1-3H3;3H2,1-2H3;2*1-2H3. The summed E-state index contributed by atoms with van der Waals surface area (Å²) < 4.78 is 7.15. The fourth-order valence-electron chi connectivity index (χ4n) is 3.07. The van der Waals surface area contributed by atoms with E-state index in [0.717, 1.165) is 16.6 Å². The molecular formula is C24H40N2O3. The molecule has 5 heteroatoms. The van der Waals surface area contributed by atoms with E-state index in [0.29, 0.717) is 25.3 Å². The van der Waals surface area contributed by atoms with Gasteiger partial charge in [-0.3, -0.25) is 9.69 Å². The minimum Gasteiger partial charge on any atom is -0.448 e. The molecule has 3 rings (SSSR count). The second kappa shape index (κ2) is 13.8. The first-order valence-corrected chi connectivity index (χ1v) is 11.0. The highest BCUT2D eigenvalue weighted by atomic mass is 16.6. The van der Waals surface area contributed by atoms with Crippen molar-refractivity contribution >= 4 is 17.0 Å². The van der Waals surface area contributed by atoms with Gasteiger partial charge in [0.05, 0.1) is 18.6 Å². The van der Waals surface area contributed by atoms with Crippen molar-refractivity contribution in [2.24, 2.45) is 0 Å². The minimum atomic E-state index is -0.310. The van der Waals surface area contributed by atoms with E-state index in [2.05, 4.69) is 32.3 Å². The molecule has 1 saturated heterocycles. The summed E-state index contributed by atoms with van der Waals surface area (Å²) in [6.45, 7) is 19.6. The molecule has 0 bridgehead atoms. The number of pyridine rings is 1. The van der Waals surface area contributed by atoms with Gasteiger partial charge in [0.15, 0.2) is 5.43 Å². The van der Waals surface area contributed by atoms with E-state index in [1.807, 2.05) is 58.9 Å². The number of carbonyl (C=O) groups excluding carboxylic acids is 1. The van der Waals surface area contributed by atoms with Gasteiger partial charge >= 0.3 is 6.09 Å². The van der Waals surface area contributed by atoms with Crippen LogP contribution in [0.5, 0.6) is 0 Å². The summed E-state index contributed by atoms with van der Waals surface area (Å²) in [5.41, 5.74) is 2.54. The Morgan fingerprint density at radius 1 is 1.03 bits per heavy atom. The molecule has 1 aromatic carbocycles. The Hall–Kier alpha value is -2.30. The van der Waals surface area contributed by atoms with E-state index in [1.165, 1.54) is 6.42 Å². The number of carbonyl (C=O) groups is 1. The lowest BCUT2D eigenvalue weighted by atomic mass is 10.1. The van der Waals surface area contributed by atoms with Gasteiger partial charge in [0.1, 0.15) is 6.61 Å². The summed E-state index contributed by atoms with van der Waals surface area (Å²) >= 11 is 0. The monoisotopic (exact) mass is 404 g/mol. The van der Waals surface area contributed by atoms with Gasteiger partial charge in [0.25, 0.3) is 0 Å². The highest BCUT2D eigenvalue weighted by Gasteiger charge is 2.25. The number of ether oxygens (including phenoxy) is 1. The molecule has 0 unspecified atom stereocenters. The van der Waals surface area contributed by atoms with Crippen LogP contribution in [0.3, 0.4) is 0 Å². The average molecular weight is 405 g/mol. The molecule has 0 atom stereocenters. The highest BCUT2D eigenvalue weighted by Crippen LogP contribution is 2.23. The minimum absolute atomic E-state index is 0.0371. The summed E-state index contributed by atoms with van der Waals surface area (Å²) in [5.74, 6) is 0. The van der Waals surface area contributed by atoms with Crippen LogP contribution >= 0.6 is 0 Å². The third-order valence-electron chi connectivity index (χ3n) is 4.17. The molecular weight excluding hydrogens is 364 g/mol. The molecule has 29 heavy (non-hydrogen) atoms. The first-order chi connectivity index (χ1) is 13.9. The molecule has 1 aromatic heterocycles. The molecule has 0 spiro atoms. The zero-order valence-corrected chi connectivity index (χ0v) is 19.8. The SMILES string of the molecule is CC.CC.CCC.Cc1c(CN2CCOC2=O)n(C(C)C)c2ccccc2c1=O. The quantitative estimate of drug-likeness (QED) is 0.602. The molecule has 5 nitrogen and oxygen atoms in total. The van der Waals surface area contributed by atoms with Gasteiger partial charge in [-0.2, -0.15) is 0 Å². The zero-order chi connectivity index (χ0) is 22.6.